The smallest absolute Gasteiger partial charge is 0.178 e. The van der Waals surface area contributed by atoms with Crippen LogP contribution in [0.4, 0.5) is 4.39 Å². The van der Waals surface area contributed by atoms with Crippen molar-refractivity contribution in [1.29, 1.82) is 0 Å². The highest BCUT2D eigenvalue weighted by Crippen LogP contribution is 2.15. The Morgan fingerprint density at radius 1 is 1.47 bits per heavy atom. The maximum Gasteiger partial charge on any atom is 0.178 e. The van der Waals surface area contributed by atoms with E-state index in [1.807, 2.05) is 0 Å². The molecule has 1 aromatic heterocycles. The van der Waals surface area contributed by atoms with Gasteiger partial charge in [-0.3, -0.25) is 0 Å². The summed E-state index contributed by atoms with van der Waals surface area (Å²) in [6.07, 6.45) is 1.17. The maximum absolute atomic E-state index is 13.0. The predicted octanol–water partition coefficient (Wildman–Crippen LogP) is 1.88. The molecule has 0 radical (unpaired) electrons. The van der Waals surface area contributed by atoms with E-state index in [1.165, 1.54) is 18.4 Å². The van der Waals surface area contributed by atoms with Crippen molar-refractivity contribution in [1.82, 2.24) is 9.55 Å². The highest BCUT2D eigenvalue weighted by atomic mass is 32.2. The van der Waals surface area contributed by atoms with Gasteiger partial charge in [-0.05, 0) is 30.4 Å². The number of fused-ring (bicyclic) bond motifs is 1. The van der Waals surface area contributed by atoms with Crippen LogP contribution in [-0.4, -0.2) is 30.0 Å². The number of imidazole rings is 1. The van der Waals surface area contributed by atoms with Gasteiger partial charge in [0.05, 0.1) is 16.8 Å². The first-order valence-corrected chi connectivity index (χ1v) is 7.39. The summed E-state index contributed by atoms with van der Waals surface area (Å²) in [4.78, 5) is 2.85. The van der Waals surface area contributed by atoms with Crippen LogP contribution in [0.25, 0.3) is 11.0 Å². The van der Waals surface area contributed by atoms with E-state index in [0.29, 0.717) is 15.8 Å². The Balaban J connectivity index is 2.47. The quantitative estimate of drug-likeness (QED) is 0.870. The van der Waals surface area contributed by atoms with E-state index >= 15 is 0 Å². The average Bonchev–Trinajstić information content (AvgIpc) is 2.48. The molecule has 0 amide bonds. The zero-order chi connectivity index (χ0) is 12.6. The molecule has 1 heterocycles. The molecule has 0 atom stereocenters. The van der Waals surface area contributed by atoms with Gasteiger partial charge in [0.25, 0.3) is 0 Å². The molecule has 7 heteroatoms. The Morgan fingerprint density at radius 3 is 2.82 bits per heavy atom. The topological polar surface area (TPSA) is 54.9 Å². The van der Waals surface area contributed by atoms with Gasteiger partial charge < -0.3 is 9.55 Å². The first kappa shape index (κ1) is 12.3. The summed E-state index contributed by atoms with van der Waals surface area (Å²) < 4.78 is 37.3. The molecule has 0 aliphatic carbocycles. The summed E-state index contributed by atoms with van der Waals surface area (Å²) >= 11 is 5.07. The monoisotopic (exact) mass is 274 g/mol. The number of H-pyrrole nitrogens is 1. The van der Waals surface area contributed by atoms with Gasteiger partial charge in [-0.1, -0.05) is 0 Å². The zero-order valence-electron chi connectivity index (χ0n) is 9.10. The van der Waals surface area contributed by atoms with Crippen LogP contribution in [0.15, 0.2) is 18.2 Å². The number of aryl methyl sites for hydroxylation is 1. The van der Waals surface area contributed by atoms with Crippen molar-refractivity contribution >= 4 is 33.1 Å². The van der Waals surface area contributed by atoms with Crippen molar-refractivity contribution < 1.29 is 12.8 Å². The molecule has 0 spiro atoms. The highest BCUT2D eigenvalue weighted by Gasteiger charge is 2.08. The van der Waals surface area contributed by atoms with E-state index in [1.54, 1.807) is 10.6 Å². The second-order valence-electron chi connectivity index (χ2n) is 3.87. The largest absolute Gasteiger partial charge is 0.330 e. The molecule has 92 valence electrons. The molecule has 17 heavy (non-hydrogen) atoms. The van der Waals surface area contributed by atoms with Crippen molar-refractivity contribution in [2.24, 2.45) is 0 Å². The number of rotatable bonds is 3. The van der Waals surface area contributed by atoms with Crippen LogP contribution in [-0.2, 0) is 16.4 Å². The summed E-state index contributed by atoms with van der Waals surface area (Å²) in [6.45, 7) is 0.267. The number of hydrogen-bond donors (Lipinski definition) is 1. The number of nitrogens with one attached hydrogen (secondary N) is 1. The summed E-state index contributed by atoms with van der Waals surface area (Å²) in [5.74, 6) is -0.352. The fourth-order valence-electron chi connectivity index (χ4n) is 1.61. The Morgan fingerprint density at radius 2 is 2.18 bits per heavy atom. The lowest BCUT2D eigenvalue weighted by molar-refractivity contribution is 0.595. The number of hydrogen-bond acceptors (Lipinski definition) is 3. The van der Waals surface area contributed by atoms with Crippen molar-refractivity contribution in [3.05, 3.63) is 28.8 Å². The standard InChI is InChI=1S/C10H11FN2O2S2/c1-17(14,15)5-4-13-9-3-2-7(11)6-8(9)12-10(13)16/h2-3,6H,4-5H2,1H3,(H,12,16). The minimum atomic E-state index is -3.05. The molecule has 0 fully saturated rings. The number of aromatic amines is 1. The molecule has 0 aliphatic rings. The molecule has 2 rings (SSSR count). The summed E-state index contributed by atoms with van der Waals surface area (Å²) in [6, 6.07) is 4.24. The van der Waals surface area contributed by atoms with Gasteiger partial charge in [0.2, 0.25) is 0 Å². The first-order valence-electron chi connectivity index (χ1n) is 4.92. The van der Waals surface area contributed by atoms with Crippen molar-refractivity contribution in [2.45, 2.75) is 6.54 Å². The first-order chi connectivity index (χ1) is 7.87. The summed E-state index contributed by atoms with van der Waals surface area (Å²) in [7, 11) is -3.05. The minimum Gasteiger partial charge on any atom is -0.330 e. The van der Waals surface area contributed by atoms with E-state index in [-0.39, 0.29) is 18.1 Å². The molecule has 0 saturated heterocycles. The molecule has 0 unspecified atom stereocenters. The second-order valence-corrected chi connectivity index (χ2v) is 6.52. The molecule has 1 aromatic carbocycles. The summed E-state index contributed by atoms with van der Waals surface area (Å²) in [5, 5.41) is 0. The van der Waals surface area contributed by atoms with Gasteiger partial charge in [-0.15, -0.1) is 0 Å². The van der Waals surface area contributed by atoms with Gasteiger partial charge in [-0.25, -0.2) is 12.8 Å². The lowest BCUT2D eigenvalue weighted by atomic mass is 10.3. The lowest BCUT2D eigenvalue weighted by Crippen LogP contribution is -2.11. The molecule has 4 nitrogen and oxygen atoms in total. The number of benzene rings is 1. The van der Waals surface area contributed by atoms with Crippen LogP contribution < -0.4 is 0 Å². The van der Waals surface area contributed by atoms with Gasteiger partial charge in [0, 0.05) is 12.8 Å². The van der Waals surface area contributed by atoms with Gasteiger partial charge in [0.15, 0.2) is 4.77 Å². The fraction of sp³-hybridized carbons (Fsp3) is 0.300. The normalized spacial score (nSPS) is 12.1. The van der Waals surface area contributed by atoms with Gasteiger partial charge >= 0.3 is 0 Å². The number of nitrogens with zero attached hydrogens (tertiary/aromatic N) is 1. The van der Waals surface area contributed by atoms with E-state index in [2.05, 4.69) is 4.98 Å². The Bertz CT molecular complexity index is 715. The van der Waals surface area contributed by atoms with Gasteiger partial charge in [0.1, 0.15) is 15.7 Å². The van der Waals surface area contributed by atoms with Crippen LogP contribution in [0.5, 0.6) is 0 Å². The minimum absolute atomic E-state index is 0.00559. The lowest BCUT2D eigenvalue weighted by Gasteiger charge is -2.02. The molecule has 1 N–H and O–H groups in total. The van der Waals surface area contributed by atoms with Crippen LogP contribution in [0.2, 0.25) is 0 Å². The fourth-order valence-corrected chi connectivity index (χ4v) is 2.43. The molecular formula is C10H11FN2O2S2. The second kappa shape index (κ2) is 4.23. The van der Waals surface area contributed by atoms with Crippen molar-refractivity contribution in [3.63, 3.8) is 0 Å². The third-order valence-electron chi connectivity index (χ3n) is 2.42. The molecule has 0 saturated carbocycles. The molecule has 0 aliphatic heterocycles. The van der Waals surface area contributed by atoms with E-state index in [9.17, 15) is 12.8 Å². The Hall–Kier alpha value is -1.21. The Kier molecular flexibility index (Phi) is 3.05. The molecule has 0 bridgehead atoms. The molecule has 2 aromatic rings. The van der Waals surface area contributed by atoms with E-state index in [4.69, 9.17) is 12.2 Å². The van der Waals surface area contributed by atoms with Crippen LogP contribution >= 0.6 is 12.2 Å². The summed E-state index contributed by atoms with van der Waals surface area (Å²) in [5.41, 5.74) is 1.28. The molecular weight excluding hydrogens is 263 g/mol. The van der Waals surface area contributed by atoms with Gasteiger partial charge in [-0.2, -0.15) is 0 Å². The third kappa shape index (κ3) is 2.73. The Labute approximate surface area is 103 Å². The van der Waals surface area contributed by atoms with Crippen LogP contribution in [0.3, 0.4) is 0 Å². The maximum atomic E-state index is 13.0. The van der Waals surface area contributed by atoms with Crippen molar-refractivity contribution in [2.75, 3.05) is 12.0 Å². The van der Waals surface area contributed by atoms with E-state index < -0.39 is 9.84 Å². The van der Waals surface area contributed by atoms with Crippen molar-refractivity contribution in [3.8, 4) is 0 Å². The number of sulfone groups is 1. The third-order valence-corrected chi connectivity index (χ3v) is 3.67. The number of halogens is 1. The highest BCUT2D eigenvalue weighted by molar-refractivity contribution is 7.90. The SMILES string of the molecule is CS(=O)(=O)CCn1c(=S)[nH]c2cc(F)ccc21. The van der Waals surface area contributed by atoms with Crippen LogP contribution in [0, 0.1) is 10.6 Å². The number of aromatic nitrogens is 2. The van der Waals surface area contributed by atoms with E-state index in [0.717, 1.165) is 0 Å². The zero-order valence-corrected chi connectivity index (χ0v) is 10.7. The predicted molar refractivity (Wildman–Crippen MR) is 66.8 cm³/mol. The average molecular weight is 274 g/mol. The van der Waals surface area contributed by atoms with Crippen LogP contribution in [0.1, 0.15) is 0 Å².